The van der Waals surface area contributed by atoms with Gasteiger partial charge in [0.15, 0.2) is 12.4 Å². The van der Waals surface area contributed by atoms with Gasteiger partial charge in [0.1, 0.15) is 5.75 Å². The zero-order chi connectivity index (χ0) is 20.4. The monoisotopic (exact) mass is 378 g/mol. The van der Waals surface area contributed by atoms with E-state index < -0.39 is 24.5 Å². The summed E-state index contributed by atoms with van der Waals surface area (Å²) < 4.78 is 10.0. The number of ether oxygens (including phenoxy) is 2. The Labute approximate surface area is 158 Å². The Morgan fingerprint density at radius 1 is 1.15 bits per heavy atom. The Bertz CT molecular complexity index is 699. The van der Waals surface area contributed by atoms with E-state index in [1.54, 1.807) is 18.2 Å². The van der Waals surface area contributed by atoms with Crippen molar-refractivity contribution in [1.82, 2.24) is 10.6 Å². The predicted molar refractivity (Wildman–Crippen MR) is 98.7 cm³/mol. The van der Waals surface area contributed by atoms with Crippen LogP contribution in [-0.2, 0) is 20.7 Å². The normalized spacial score (nSPS) is 10.3. The molecule has 0 radical (unpaired) electrons. The molecule has 0 aliphatic heterocycles. The van der Waals surface area contributed by atoms with Crippen LogP contribution < -0.4 is 15.4 Å². The van der Waals surface area contributed by atoms with Gasteiger partial charge in [0.2, 0.25) is 0 Å². The van der Waals surface area contributed by atoms with Gasteiger partial charge in [0.05, 0.1) is 13.5 Å². The van der Waals surface area contributed by atoms with Crippen LogP contribution in [0.1, 0.15) is 43.1 Å². The van der Waals surface area contributed by atoms with Gasteiger partial charge < -0.3 is 14.8 Å². The van der Waals surface area contributed by atoms with Crippen LogP contribution in [0.4, 0.5) is 4.79 Å². The highest BCUT2D eigenvalue weighted by molar-refractivity contribution is 5.96. The molecule has 0 spiro atoms. The van der Waals surface area contributed by atoms with Crippen LogP contribution in [0.25, 0.3) is 0 Å². The van der Waals surface area contributed by atoms with Gasteiger partial charge >= 0.3 is 12.0 Å². The number of amides is 3. The second-order valence-electron chi connectivity index (χ2n) is 6.41. The molecule has 27 heavy (non-hydrogen) atoms. The predicted octanol–water partition coefficient (Wildman–Crippen LogP) is 1.86. The number of hydrogen-bond donors (Lipinski definition) is 2. The quantitative estimate of drug-likeness (QED) is 0.501. The summed E-state index contributed by atoms with van der Waals surface area (Å²) in [6.07, 6.45) is 0.621. The van der Waals surface area contributed by atoms with Crippen LogP contribution >= 0.6 is 0 Å². The summed E-state index contributed by atoms with van der Waals surface area (Å²) in [5.41, 5.74) is 0.913. The second kappa shape index (κ2) is 10.9. The fourth-order valence-corrected chi connectivity index (χ4v) is 2.17. The SMILES string of the molecule is COc1ccc(C(C)=O)cc1CC(=O)OCC(=O)NC(=O)NCCC(C)C. The molecule has 1 aromatic rings. The summed E-state index contributed by atoms with van der Waals surface area (Å²) in [5, 5.41) is 4.63. The van der Waals surface area contributed by atoms with Gasteiger partial charge in [-0.1, -0.05) is 13.8 Å². The average Bonchev–Trinajstić information content (AvgIpc) is 2.59. The van der Waals surface area contributed by atoms with Crippen molar-refractivity contribution in [2.24, 2.45) is 5.92 Å². The Kier molecular flexibility index (Phi) is 8.98. The molecule has 2 N–H and O–H groups in total. The summed E-state index contributed by atoms with van der Waals surface area (Å²) in [7, 11) is 1.45. The van der Waals surface area contributed by atoms with Crippen LogP contribution in [0.3, 0.4) is 0 Å². The Morgan fingerprint density at radius 3 is 2.44 bits per heavy atom. The van der Waals surface area contributed by atoms with E-state index in [1.807, 2.05) is 13.8 Å². The first-order valence-corrected chi connectivity index (χ1v) is 8.64. The van der Waals surface area contributed by atoms with E-state index in [-0.39, 0.29) is 12.2 Å². The first-order valence-electron chi connectivity index (χ1n) is 8.64. The number of imide groups is 1. The van der Waals surface area contributed by atoms with Gasteiger partial charge in [0.25, 0.3) is 5.91 Å². The number of methoxy groups -OCH3 is 1. The van der Waals surface area contributed by atoms with Gasteiger partial charge in [-0.25, -0.2) is 4.79 Å². The molecule has 8 nitrogen and oxygen atoms in total. The van der Waals surface area contributed by atoms with E-state index in [4.69, 9.17) is 9.47 Å². The van der Waals surface area contributed by atoms with Crippen LogP contribution in [0.2, 0.25) is 0 Å². The molecule has 0 fully saturated rings. The number of nitrogens with one attached hydrogen (secondary N) is 2. The minimum absolute atomic E-state index is 0.143. The topological polar surface area (TPSA) is 111 Å². The van der Waals surface area contributed by atoms with E-state index >= 15 is 0 Å². The van der Waals surface area contributed by atoms with Crippen molar-refractivity contribution >= 4 is 23.7 Å². The zero-order valence-corrected chi connectivity index (χ0v) is 16.1. The molecule has 0 aromatic heterocycles. The maximum atomic E-state index is 12.0. The molecule has 148 valence electrons. The number of carbonyl (C=O) groups is 4. The molecule has 0 saturated carbocycles. The molecule has 3 amide bonds. The molecule has 8 heteroatoms. The minimum Gasteiger partial charge on any atom is -0.496 e. The lowest BCUT2D eigenvalue weighted by atomic mass is 10.0. The van der Waals surface area contributed by atoms with Crippen molar-refractivity contribution in [2.45, 2.75) is 33.6 Å². The first-order chi connectivity index (χ1) is 12.7. The summed E-state index contributed by atoms with van der Waals surface area (Å²) in [6, 6.07) is 4.10. The fraction of sp³-hybridized carbons (Fsp3) is 0.474. The summed E-state index contributed by atoms with van der Waals surface area (Å²) in [4.78, 5) is 46.6. The van der Waals surface area contributed by atoms with E-state index in [1.165, 1.54) is 14.0 Å². The number of hydrogen-bond acceptors (Lipinski definition) is 6. The molecule has 0 heterocycles. The lowest BCUT2D eigenvalue weighted by molar-refractivity contribution is -0.147. The molecule has 0 unspecified atom stereocenters. The number of rotatable bonds is 9. The Morgan fingerprint density at radius 2 is 1.85 bits per heavy atom. The third kappa shape index (κ3) is 8.35. The largest absolute Gasteiger partial charge is 0.496 e. The Hall–Kier alpha value is -2.90. The lowest BCUT2D eigenvalue weighted by Gasteiger charge is -2.10. The lowest BCUT2D eigenvalue weighted by Crippen LogP contribution is -2.42. The molecular formula is C19H26N2O6. The maximum Gasteiger partial charge on any atom is 0.321 e. The summed E-state index contributed by atoms with van der Waals surface area (Å²) >= 11 is 0. The molecule has 1 rings (SSSR count). The smallest absolute Gasteiger partial charge is 0.321 e. The van der Waals surface area contributed by atoms with Crippen LogP contribution in [0.5, 0.6) is 5.75 Å². The van der Waals surface area contributed by atoms with E-state index in [0.717, 1.165) is 6.42 Å². The Balaban J connectivity index is 2.49. The van der Waals surface area contributed by atoms with Gasteiger partial charge in [-0.05, 0) is 37.5 Å². The van der Waals surface area contributed by atoms with Crippen molar-refractivity contribution in [3.63, 3.8) is 0 Å². The van der Waals surface area contributed by atoms with Crippen molar-refractivity contribution in [3.05, 3.63) is 29.3 Å². The van der Waals surface area contributed by atoms with E-state index in [0.29, 0.717) is 29.3 Å². The number of Topliss-reactive ketones (excluding diaryl/α,β-unsaturated/α-hetero) is 1. The molecule has 0 aliphatic carbocycles. The van der Waals surface area contributed by atoms with Crippen LogP contribution in [-0.4, -0.2) is 44.0 Å². The van der Waals surface area contributed by atoms with Crippen molar-refractivity contribution in [3.8, 4) is 5.75 Å². The van der Waals surface area contributed by atoms with Crippen molar-refractivity contribution < 1.29 is 28.7 Å². The number of urea groups is 1. The molecule has 0 bridgehead atoms. The highest BCUT2D eigenvalue weighted by Gasteiger charge is 2.15. The van der Waals surface area contributed by atoms with Gasteiger partial charge in [-0.15, -0.1) is 0 Å². The van der Waals surface area contributed by atoms with Crippen molar-refractivity contribution in [2.75, 3.05) is 20.3 Å². The highest BCUT2D eigenvalue weighted by atomic mass is 16.5. The summed E-state index contributed by atoms with van der Waals surface area (Å²) in [5.74, 6) is -0.680. The van der Waals surface area contributed by atoms with E-state index in [9.17, 15) is 19.2 Å². The third-order valence-corrected chi connectivity index (χ3v) is 3.65. The van der Waals surface area contributed by atoms with E-state index in [2.05, 4.69) is 10.6 Å². The minimum atomic E-state index is -0.727. The second-order valence-corrected chi connectivity index (χ2v) is 6.41. The average molecular weight is 378 g/mol. The molecule has 0 atom stereocenters. The molecule has 0 aliphatic rings. The molecule has 1 aromatic carbocycles. The number of carbonyl (C=O) groups excluding carboxylic acids is 4. The van der Waals surface area contributed by atoms with Crippen LogP contribution in [0.15, 0.2) is 18.2 Å². The molecular weight excluding hydrogens is 352 g/mol. The van der Waals surface area contributed by atoms with Crippen molar-refractivity contribution in [1.29, 1.82) is 0 Å². The van der Waals surface area contributed by atoms with Gasteiger partial charge in [0, 0.05) is 17.7 Å². The maximum absolute atomic E-state index is 12.0. The zero-order valence-electron chi connectivity index (χ0n) is 16.1. The summed E-state index contributed by atoms with van der Waals surface area (Å²) in [6.45, 7) is 5.32. The fourth-order valence-electron chi connectivity index (χ4n) is 2.17. The first kappa shape index (κ1) is 22.1. The number of esters is 1. The molecule has 0 saturated heterocycles. The van der Waals surface area contributed by atoms with Crippen LogP contribution in [0, 0.1) is 5.92 Å². The number of ketones is 1. The third-order valence-electron chi connectivity index (χ3n) is 3.65. The van der Waals surface area contributed by atoms with Gasteiger partial charge in [-0.3, -0.25) is 19.7 Å². The number of benzene rings is 1. The van der Waals surface area contributed by atoms with Gasteiger partial charge in [-0.2, -0.15) is 0 Å². The highest BCUT2D eigenvalue weighted by Crippen LogP contribution is 2.21. The standard InChI is InChI=1S/C19H26N2O6/c1-12(2)7-8-20-19(25)21-17(23)11-27-18(24)10-15-9-14(13(3)22)5-6-16(15)26-4/h5-6,9,12H,7-8,10-11H2,1-4H3,(H2,20,21,23,25).